The molecule has 7 heteroatoms. The van der Waals surface area contributed by atoms with Gasteiger partial charge < -0.3 is 9.47 Å². The second-order valence-electron chi connectivity index (χ2n) is 5.00. The number of aromatic amines is 1. The number of hydrogen-bond donors (Lipinski definition) is 1. The smallest absolute Gasteiger partial charge is 0.329 e. The summed E-state index contributed by atoms with van der Waals surface area (Å²) in [5.41, 5.74) is 0.123. The molecule has 0 bridgehead atoms. The van der Waals surface area contributed by atoms with E-state index in [4.69, 9.17) is 0 Å². The van der Waals surface area contributed by atoms with Gasteiger partial charge in [0.25, 0.3) is 5.56 Å². The van der Waals surface area contributed by atoms with Crippen molar-refractivity contribution < 1.29 is 0 Å². The van der Waals surface area contributed by atoms with E-state index in [-0.39, 0.29) is 5.56 Å². The highest BCUT2D eigenvalue weighted by atomic mass is 16.2. The Hall–Kier alpha value is -2.05. The van der Waals surface area contributed by atoms with Crippen LogP contribution >= 0.6 is 0 Å². The highest BCUT2D eigenvalue weighted by Gasteiger charge is 2.25. The first kappa shape index (κ1) is 11.1. The fourth-order valence-electron chi connectivity index (χ4n) is 2.61. The fourth-order valence-corrected chi connectivity index (χ4v) is 2.61. The maximum atomic E-state index is 11.9. The van der Waals surface area contributed by atoms with Gasteiger partial charge in [-0.2, -0.15) is 4.98 Å². The van der Waals surface area contributed by atoms with Gasteiger partial charge in [-0.15, -0.1) is 0 Å². The molecule has 0 aliphatic carbocycles. The molecule has 1 aliphatic heterocycles. The number of imidazole rings is 1. The summed E-state index contributed by atoms with van der Waals surface area (Å²) in [4.78, 5) is 32.3. The van der Waals surface area contributed by atoms with Crippen molar-refractivity contribution in [2.24, 2.45) is 13.0 Å². The van der Waals surface area contributed by atoms with Crippen LogP contribution in [-0.2, 0) is 13.6 Å². The maximum Gasteiger partial charge on any atom is 0.329 e. The Labute approximate surface area is 103 Å². The molecular formula is C11H15N5O2. The summed E-state index contributed by atoms with van der Waals surface area (Å²) in [5.74, 6) is 1.19. The van der Waals surface area contributed by atoms with Crippen molar-refractivity contribution in [3.05, 3.63) is 20.8 Å². The molecule has 2 aromatic rings. The lowest BCUT2D eigenvalue weighted by atomic mass is 10.1. The van der Waals surface area contributed by atoms with Crippen LogP contribution in [0.1, 0.15) is 6.92 Å². The predicted octanol–water partition coefficient (Wildman–Crippen LogP) is -0.491. The highest BCUT2D eigenvalue weighted by molar-refractivity contribution is 5.74. The average Bonchev–Trinajstić information content (AvgIpc) is 2.66. The molecule has 1 N–H and O–H groups in total. The van der Waals surface area contributed by atoms with E-state index in [1.165, 1.54) is 4.57 Å². The third-order valence-corrected chi connectivity index (χ3v) is 3.41. The van der Waals surface area contributed by atoms with Crippen LogP contribution in [0.4, 0.5) is 5.95 Å². The minimum Gasteiger partial charge on any atom is -0.345 e. The van der Waals surface area contributed by atoms with Gasteiger partial charge in [-0.3, -0.25) is 14.3 Å². The molecule has 3 heterocycles. The van der Waals surface area contributed by atoms with Crippen molar-refractivity contribution >= 4 is 17.1 Å². The van der Waals surface area contributed by atoms with E-state index in [0.29, 0.717) is 17.1 Å². The first-order valence-electron chi connectivity index (χ1n) is 5.89. The number of anilines is 1. The van der Waals surface area contributed by atoms with Crippen LogP contribution in [0.2, 0.25) is 0 Å². The number of rotatable bonds is 0. The second kappa shape index (κ2) is 3.47. The van der Waals surface area contributed by atoms with Crippen molar-refractivity contribution in [3.63, 3.8) is 0 Å². The molecule has 1 aliphatic rings. The van der Waals surface area contributed by atoms with E-state index in [9.17, 15) is 9.59 Å². The zero-order chi connectivity index (χ0) is 13.0. The highest BCUT2D eigenvalue weighted by Crippen LogP contribution is 2.24. The third kappa shape index (κ3) is 1.33. The molecule has 0 radical (unpaired) electrons. The molecule has 1 atom stereocenters. The van der Waals surface area contributed by atoms with Crippen LogP contribution < -0.4 is 16.1 Å². The summed E-state index contributed by atoms with van der Waals surface area (Å²) in [6.45, 7) is 3.77. The lowest BCUT2D eigenvalue weighted by molar-refractivity contribution is 0.450. The SMILES string of the molecule is CC1CN(C)c2nc3c(c(=O)[nH]c(=O)n3C)n2C1. The Kier molecular flexibility index (Phi) is 2.13. The molecule has 18 heavy (non-hydrogen) atoms. The van der Waals surface area contributed by atoms with E-state index < -0.39 is 5.69 Å². The number of aryl methyl sites for hydroxylation is 1. The van der Waals surface area contributed by atoms with Gasteiger partial charge in [0.05, 0.1) is 0 Å². The lowest BCUT2D eigenvalue weighted by Gasteiger charge is -2.29. The molecular weight excluding hydrogens is 234 g/mol. The van der Waals surface area contributed by atoms with Gasteiger partial charge in [-0.05, 0) is 5.92 Å². The standard InChI is InChI=1S/C11H15N5O2/c1-6-4-14(2)10-12-8-7(16(10)5-6)9(17)13-11(18)15(8)3/h6H,4-5H2,1-3H3,(H,13,17,18). The summed E-state index contributed by atoms with van der Waals surface area (Å²) in [5, 5.41) is 0. The molecule has 0 saturated heterocycles. The van der Waals surface area contributed by atoms with Gasteiger partial charge in [0.15, 0.2) is 11.2 Å². The average molecular weight is 249 g/mol. The Morgan fingerprint density at radius 3 is 2.72 bits per heavy atom. The monoisotopic (exact) mass is 249 g/mol. The van der Waals surface area contributed by atoms with Crippen LogP contribution in [0, 0.1) is 5.92 Å². The summed E-state index contributed by atoms with van der Waals surface area (Å²) < 4.78 is 3.27. The van der Waals surface area contributed by atoms with Gasteiger partial charge in [-0.1, -0.05) is 6.92 Å². The number of aromatic nitrogens is 4. The second-order valence-corrected chi connectivity index (χ2v) is 5.00. The Balaban J connectivity index is 2.45. The molecule has 1 unspecified atom stereocenters. The van der Waals surface area contributed by atoms with Crippen molar-refractivity contribution in [3.8, 4) is 0 Å². The van der Waals surface area contributed by atoms with E-state index >= 15 is 0 Å². The van der Waals surface area contributed by atoms with Gasteiger partial charge in [0.1, 0.15) is 0 Å². The van der Waals surface area contributed by atoms with Gasteiger partial charge in [0.2, 0.25) is 5.95 Å². The summed E-state index contributed by atoms with van der Waals surface area (Å²) in [6.07, 6.45) is 0. The number of fused-ring (bicyclic) bond motifs is 3. The number of hydrogen-bond acceptors (Lipinski definition) is 4. The molecule has 0 fully saturated rings. The van der Waals surface area contributed by atoms with Crippen LogP contribution in [-0.4, -0.2) is 32.7 Å². The van der Waals surface area contributed by atoms with Crippen molar-refractivity contribution in [2.75, 3.05) is 18.5 Å². The Morgan fingerprint density at radius 2 is 2.00 bits per heavy atom. The predicted molar refractivity (Wildman–Crippen MR) is 68.0 cm³/mol. The molecule has 96 valence electrons. The lowest BCUT2D eigenvalue weighted by Crippen LogP contribution is -2.35. The number of H-pyrrole nitrogens is 1. The summed E-state index contributed by atoms with van der Waals surface area (Å²) >= 11 is 0. The van der Waals surface area contributed by atoms with E-state index in [1.54, 1.807) is 7.05 Å². The quantitative estimate of drug-likeness (QED) is 0.683. The zero-order valence-electron chi connectivity index (χ0n) is 10.6. The van der Waals surface area contributed by atoms with E-state index in [1.807, 2.05) is 16.5 Å². The van der Waals surface area contributed by atoms with E-state index in [2.05, 4.69) is 16.9 Å². The van der Waals surface area contributed by atoms with Gasteiger partial charge in [-0.25, -0.2) is 4.79 Å². The minimum atomic E-state index is -0.432. The summed E-state index contributed by atoms with van der Waals surface area (Å²) in [6, 6.07) is 0. The Morgan fingerprint density at radius 1 is 1.28 bits per heavy atom. The largest absolute Gasteiger partial charge is 0.345 e. The number of nitrogens with one attached hydrogen (secondary N) is 1. The molecule has 7 nitrogen and oxygen atoms in total. The first-order chi connectivity index (χ1) is 8.49. The van der Waals surface area contributed by atoms with Crippen LogP contribution in [0.15, 0.2) is 9.59 Å². The molecule has 0 amide bonds. The molecule has 0 aromatic carbocycles. The van der Waals surface area contributed by atoms with Gasteiger partial charge >= 0.3 is 5.69 Å². The van der Waals surface area contributed by atoms with Crippen molar-refractivity contribution in [1.82, 2.24) is 19.1 Å². The zero-order valence-corrected chi connectivity index (χ0v) is 10.6. The topological polar surface area (TPSA) is 75.9 Å². The summed E-state index contributed by atoms with van der Waals surface area (Å²) in [7, 11) is 3.56. The van der Waals surface area contributed by atoms with Crippen LogP contribution in [0.25, 0.3) is 11.2 Å². The molecule has 3 rings (SSSR count). The molecule has 0 spiro atoms. The minimum absolute atomic E-state index is 0.366. The van der Waals surface area contributed by atoms with E-state index in [0.717, 1.165) is 19.0 Å². The molecule has 2 aromatic heterocycles. The van der Waals surface area contributed by atoms with Gasteiger partial charge in [0, 0.05) is 27.2 Å². The maximum absolute atomic E-state index is 11.9. The normalized spacial score (nSPS) is 19.3. The number of nitrogens with zero attached hydrogens (tertiary/aromatic N) is 4. The third-order valence-electron chi connectivity index (χ3n) is 3.41. The Bertz CT molecular complexity index is 738. The van der Waals surface area contributed by atoms with Crippen LogP contribution in [0.3, 0.4) is 0 Å². The van der Waals surface area contributed by atoms with Crippen molar-refractivity contribution in [1.29, 1.82) is 0 Å². The molecule has 0 saturated carbocycles. The van der Waals surface area contributed by atoms with Crippen molar-refractivity contribution in [2.45, 2.75) is 13.5 Å². The van der Waals surface area contributed by atoms with Crippen LogP contribution in [0.5, 0.6) is 0 Å². The first-order valence-corrected chi connectivity index (χ1v) is 5.89. The fraction of sp³-hybridized carbons (Fsp3) is 0.545.